The summed E-state index contributed by atoms with van der Waals surface area (Å²) in [6, 6.07) is 0. The van der Waals surface area contributed by atoms with Gasteiger partial charge in [0.1, 0.15) is 32.0 Å². The van der Waals surface area contributed by atoms with E-state index in [9.17, 15) is 28.6 Å². The summed E-state index contributed by atoms with van der Waals surface area (Å²) in [5, 5.41) is 0. The minimum Gasteiger partial charge on any atom is -0.462 e. The summed E-state index contributed by atoms with van der Waals surface area (Å²) in [6.07, 6.45) is 38.2. The monoisotopic (exact) mass is 1090 g/mol. The van der Waals surface area contributed by atoms with Crippen molar-refractivity contribution >= 4 is 31.7 Å². The minimum absolute atomic E-state index is 0.00663. The van der Waals surface area contributed by atoms with Crippen LogP contribution in [0.1, 0.15) is 305 Å². The second kappa shape index (κ2) is 51.4. The Morgan fingerprint density at radius 2 is 0.667 bits per heavy atom. The third-order valence-electron chi connectivity index (χ3n) is 15.1. The second-order valence-electron chi connectivity index (χ2n) is 21.7. The van der Waals surface area contributed by atoms with E-state index in [0.29, 0.717) is 51.5 Å². The molecule has 0 bridgehead atoms. The van der Waals surface area contributed by atoms with Gasteiger partial charge in [0.15, 0.2) is 6.10 Å². The molecule has 0 radical (unpaired) electrons. The third-order valence-corrected chi connectivity index (χ3v) is 16.1. The van der Waals surface area contributed by atoms with Gasteiger partial charge in [0.2, 0.25) is 0 Å². The summed E-state index contributed by atoms with van der Waals surface area (Å²) in [7, 11) is -4.51. The van der Waals surface area contributed by atoms with Crippen LogP contribution in [-0.2, 0) is 51.7 Å². The number of likely N-dealkylation sites (N-methyl/N-ethyl adjacent to an activating group) is 1. The molecule has 0 aliphatic carbocycles. The van der Waals surface area contributed by atoms with E-state index in [0.717, 1.165) is 94.7 Å². The van der Waals surface area contributed by atoms with Crippen LogP contribution >= 0.6 is 7.82 Å². The standard InChI is InChI=1S/C61H118NO12P/c1-8-15-19-23-27-35-43-55(44-36-28-24-20-16-9-2)72-59(64)48-40-32-31-39-47-58(63)69-53-57(54-71-75(67,68)70-52-51-62(12-5,13-6)14-7)74-61(66)50-42-34-33-41-49-60(65)73-56(45-37-29-25-21-17-10-3)46-38-30-26-22-18-11-4/h55-57H,8-54H2,1-7H3/p+1. The Morgan fingerprint density at radius 1 is 0.373 bits per heavy atom. The van der Waals surface area contributed by atoms with E-state index < -0.39 is 32.5 Å². The van der Waals surface area contributed by atoms with Crippen molar-refractivity contribution in [1.29, 1.82) is 0 Å². The number of hydrogen-bond donors (Lipinski definition) is 1. The molecule has 0 fully saturated rings. The van der Waals surface area contributed by atoms with E-state index in [1.165, 1.54) is 128 Å². The molecule has 14 heteroatoms. The summed E-state index contributed by atoms with van der Waals surface area (Å²) < 4.78 is 47.4. The van der Waals surface area contributed by atoms with Crippen molar-refractivity contribution in [2.75, 3.05) is 46.0 Å². The maximum Gasteiger partial charge on any atom is 0.472 e. The molecule has 0 amide bonds. The molecule has 444 valence electrons. The molecule has 2 atom stereocenters. The maximum absolute atomic E-state index is 13.1. The smallest absolute Gasteiger partial charge is 0.462 e. The van der Waals surface area contributed by atoms with Crippen LogP contribution in [-0.4, -0.2) is 97.6 Å². The summed E-state index contributed by atoms with van der Waals surface area (Å²) in [4.78, 5) is 62.2. The lowest BCUT2D eigenvalue weighted by Crippen LogP contribution is -2.49. The van der Waals surface area contributed by atoms with E-state index in [1.807, 2.05) is 0 Å². The molecule has 0 saturated carbocycles. The third kappa shape index (κ3) is 45.5. The van der Waals surface area contributed by atoms with Crippen LogP contribution in [0.25, 0.3) is 0 Å². The van der Waals surface area contributed by atoms with Crippen molar-refractivity contribution in [2.24, 2.45) is 0 Å². The number of rotatable bonds is 57. The largest absolute Gasteiger partial charge is 0.472 e. The average Bonchev–Trinajstić information content (AvgIpc) is 3.39. The fraction of sp³-hybridized carbons (Fsp3) is 0.934. The first-order valence-electron chi connectivity index (χ1n) is 31.5. The van der Waals surface area contributed by atoms with E-state index >= 15 is 0 Å². The highest BCUT2D eigenvalue weighted by molar-refractivity contribution is 7.47. The van der Waals surface area contributed by atoms with Crippen molar-refractivity contribution < 1.29 is 61.1 Å². The number of ether oxygens (including phenoxy) is 4. The highest BCUT2D eigenvalue weighted by atomic mass is 31.2. The first kappa shape index (κ1) is 73.0. The number of quaternary nitrogens is 1. The number of hydrogen-bond acceptors (Lipinski definition) is 11. The van der Waals surface area contributed by atoms with Crippen LogP contribution in [0.2, 0.25) is 0 Å². The first-order chi connectivity index (χ1) is 36.3. The molecule has 0 aliphatic rings. The van der Waals surface area contributed by atoms with Gasteiger partial charge in [0, 0.05) is 25.7 Å². The highest BCUT2D eigenvalue weighted by Crippen LogP contribution is 2.43. The molecular formula is C61H119NO12P+. The van der Waals surface area contributed by atoms with Crippen LogP contribution in [0.3, 0.4) is 0 Å². The lowest BCUT2D eigenvalue weighted by Gasteiger charge is -2.35. The van der Waals surface area contributed by atoms with Gasteiger partial charge in [-0.25, -0.2) is 4.57 Å². The number of carbonyl (C=O) groups is 4. The molecular weight excluding hydrogens is 970 g/mol. The van der Waals surface area contributed by atoms with Gasteiger partial charge in [0.05, 0.1) is 26.2 Å². The lowest BCUT2D eigenvalue weighted by molar-refractivity contribution is -0.923. The molecule has 0 aromatic heterocycles. The number of phosphoric ester groups is 1. The van der Waals surface area contributed by atoms with Gasteiger partial charge in [-0.05, 0) is 97.8 Å². The van der Waals surface area contributed by atoms with Gasteiger partial charge in [0.25, 0.3) is 0 Å². The van der Waals surface area contributed by atoms with Crippen LogP contribution in [0, 0.1) is 0 Å². The van der Waals surface area contributed by atoms with Crippen molar-refractivity contribution in [3.8, 4) is 0 Å². The van der Waals surface area contributed by atoms with Crippen LogP contribution in [0.4, 0.5) is 0 Å². The zero-order valence-corrected chi connectivity index (χ0v) is 50.7. The zero-order chi connectivity index (χ0) is 55.5. The minimum atomic E-state index is -4.51. The summed E-state index contributed by atoms with van der Waals surface area (Å²) >= 11 is 0. The van der Waals surface area contributed by atoms with Crippen molar-refractivity contribution in [3.05, 3.63) is 0 Å². The second-order valence-corrected chi connectivity index (χ2v) is 23.1. The molecule has 0 aromatic rings. The van der Waals surface area contributed by atoms with Gasteiger partial charge in [-0.1, -0.05) is 182 Å². The predicted molar refractivity (Wildman–Crippen MR) is 306 cm³/mol. The number of phosphoric acid groups is 1. The van der Waals surface area contributed by atoms with Gasteiger partial charge in [-0.3, -0.25) is 28.2 Å². The summed E-state index contributed by atoms with van der Waals surface area (Å²) in [5.74, 6) is -1.29. The average molecular weight is 1090 g/mol. The Bertz CT molecular complexity index is 1360. The number of nitrogens with zero attached hydrogens (tertiary/aromatic N) is 1. The molecule has 0 saturated heterocycles. The summed E-state index contributed by atoms with van der Waals surface area (Å²) in [5.41, 5.74) is 0. The number of carbonyl (C=O) groups excluding carboxylic acids is 4. The fourth-order valence-corrected chi connectivity index (χ4v) is 10.5. The predicted octanol–water partition coefficient (Wildman–Crippen LogP) is 17.0. The molecule has 2 unspecified atom stereocenters. The molecule has 75 heavy (non-hydrogen) atoms. The van der Waals surface area contributed by atoms with Crippen LogP contribution < -0.4 is 0 Å². The van der Waals surface area contributed by atoms with Gasteiger partial charge >= 0.3 is 31.7 Å². The van der Waals surface area contributed by atoms with Crippen LogP contribution in [0.15, 0.2) is 0 Å². The number of esters is 4. The van der Waals surface area contributed by atoms with Crippen molar-refractivity contribution in [2.45, 2.75) is 324 Å². The fourth-order valence-electron chi connectivity index (χ4n) is 9.74. The quantitative estimate of drug-likeness (QED) is 0.0202. The van der Waals surface area contributed by atoms with Crippen molar-refractivity contribution in [3.63, 3.8) is 0 Å². The number of unbranched alkanes of at least 4 members (excludes halogenated alkanes) is 26. The Labute approximate surface area is 460 Å². The Morgan fingerprint density at radius 3 is 1.00 bits per heavy atom. The van der Waals surface area contributed by atoms with Gasteiger partial charge in [-0.15, -0.1) is 0 Å². The lowest BCUT2D eigenvalue weighted by atomic mass is 10.0. The van der Waals surface area contributed by atoms with Crippen LogP contribution in [0.5, 0.6) is 0 Å². The maximum atomic E-state index is 13.1. The molecule has 0 aliphatic heterocycles. The Kier molecular flexibility index (Phi) is 50.0. The topological polar surface area (TPSA) is 161 Å². The summed E-state index contributed by atoms with van der Waals surface area (Å²) in [6.45, 7) is 17.4. The zero-order valence-electron chi connectivity index (χ0n) is 49.8. The van der Waals surface area contributed by atoms with E-state index in [4.69, 9.17) is 28.0 Å². The normalized spacial score (nSPS) is 13.0. The molecule has 1 N–H and O–H groups in total. The highest BCUT2D eigenvalue weighted by Gasteiger charge is 2.29. The van der Waals surface area contributed by atoms with E-state index in [2.05, 4.69) is 48.5 Å². The molecule has 0 rings (SSSR count). The van der Waals surface area contributed by atoms with Gasteiger partial charge < -0.3 is 28.3 Å². The molecule has 0 spiro atoms. The van der Waals surface area contributed by atoms with Crippen molar-refractivity contribution in [1.82, 2.24) is 0 Å². The van der Waals surface area contributed by atoms with E-state index in [1.54, 1.807) is 0 Å². The van der Waals surface area contributed by atoms with Gasteiger partial charge in [-0.2, -0.15) is 0 Å². The van der Waals surface area contributed by atoms with E-state index in [-0.39, 0.29) is 50.2 Å². The molecule has 0 heterocycles. The first-order valence-corrected chi connectivity index (χ1v) is 33.0. The Balaban J connectivity index is 5.08. The SMILES string of the molecule is CCCCCCCCC(CCCCCCCC)OC(=O)CCCCCCC(=O)OCC(COP(=O)(O)OCC[N+](CC)(CC)CC)OC(=O)CCCCCCC(=O)OC(CCCCCCCC)CCCCCCCC. The molecule has 0 aromatic carbocycles. The Hall–Kier alpha value is -2.05. The molecule has 13 nitrogen and oxygen atoms in total.